The molecular formula is C12H20N2O3. The molecule has 1 aliphatic carbocycles. The Kier molecular flexibility index (Phi) is 3.12. The summed E-state index contributed by atoms with van der Waals surface area (Å²) >= 11 is 0. The molecule has 0 bridgehead atoms. The highest BCUT2D eigenvalue weighted by Gasteiger charge is 2.47. The third-order valence-electron chi connectivity index (χ3n) is 3.92. The van der Waals surface area contributed by atoms with E-state index in [0.717, 1.165) is 19.3 Å². The number of hydrogen-bond donors (Lipinski definition) is 2. The molecule has 1 heterocycles. The van der Waals surface area contributed by atoms with Crippen molar-refractivity contribution in [1.29, 1.82) is 0 Å². The molecule has 1 aliphatic heterocycles. The van der Waals surface area contributed by atoms with Gasteiger partial charge in [0.05, 0.1) is 5.54 Å². The predicted molar refractivity (Wildman–Crippen MR) is 62.3 cm³/mol. The minimum Gasteiger partial charge on any atom is -0.481 e. The zero-order valence-corrected chi connectivity index (χ0v) is 10.2. The van der Waals surface area contributed by atoms with E-state index in [9.17, 15) is 9.59 Å². The molecule has 0 spiro atoms. The van der Waals surface area contributed by atoms with E-state index in [1.54, 1.807) is 11.8 Å². The molecule has 3 N–H and O–H groups in total. The van der Waals surface area contributed by atoms with Crippen LogP contribution < -0.4 is 5.73 Å². The molecule has 5 heteroatoms. The van der Waals surface area contributed by atoms with Crippen molar-refractivity contribution in [3.05, 3.63) is 0 Å². The maximum atomic E-state index is 12.2. The minimum absolute atomic E-state index is 0.00658. The van der Waals surface area contributed by atoms with Gasteiger partial charge in [-0.1, -0.05) is 0 Å². The molecule has 2 rings (SSSR count). The van der Waals surface area contributed by atoms with E-state index in [1.807, 2.05) is 0 Å². The van der Waals surface area contributed by atoms with Gasteiger partial charge in [0.15, 0.2) is 0 Å². The molecule has 1 amide bonds. The van der Waals surface area contributed by atoms with Crippen LogP contribution in [0.2, 0.25) is 0 Å². The highest BCUT2D eigenvalue weighted by Crippen LogP contribution is 2.39. The smallest absolute Gasteiger partial charge is 0.303 e. The van der Waals surface area contributed by atoms with Crippen molar-refractivity contribution in [2.75, 3.05) is 13.1 Å². The summed E-state index contributed by atoms with van der Waals surface area (Å²) < 4.78 is 0. The van der Waals surface area contributed by atoms with Crippen LogP contribution in [-0.2, 0) is 9.59 Å². The molecule has 1 saturated carbocycles. The first-order valence-corrected chi connectivity index (χ1v) is 6.21. The molecule has 2 atom stereocenters. The molecule has 0 aromatic rings. The Labute approximate surface area is 101 Å². The second-order valence-electron chi connectivity index (χ2n) is 5.56. The normalized spacial score (nSPS) is 27.9. The van der Waals surface area contributed by atoms with Gasteiger partial charge in [-0.25, -0.2) is 0 Å². The number of carboxylic acids is 1. The largest absolute Gasteiger partial charge is 0.481 e. The highest BCUT2D eigenvalue weighted by atomic mass is 16.4. The van der Waals surface area contributed by atoms with Crippen LogP contribution in [0.25, 0.3) is 0 Å². The number of carbonyl (C=O) groups is 2. The lowest BCUT2D eigenvalue weighted by Gasteiger charge is -2.29. The second-order valence-corrected chi connectivity index (χ2v) is 5.56. The molecule has 0 radical (unpaired) electrons. The van der Waals surface area contributed by atoms with Crippen LogP contribution in [0.4, 0.5) is 0 Å². The van der Waals surface area contributed by atoms with Crippen molar-refractivity contribution >= 4 is 11.9 Å². The van der Waals surface area contributed by atoms with Crippen LogP contribution in [0.15, 0.2) is 0 Å². The fourth-order valence-electron chi connectivity index (χ4n) is 2.63. The van der Waals surface area contributed by atoms with Crippen LogP contribution >= 0.6 is 0 Å². The fourth-order valence-corrected chi connectivity index (χ4v) is 2.63. The SMILES string of the molecule is CC(N)(C(=O)N1CCC(CC(=O)O)C1)C1CC1. The van der Waals surface area contributed by atoms with E-state index < -0.39 is 11.5 Å². The topological polar surface area (TPSA) is 83.6 Å². The summed E-state index contributed by atoms with van der Waals surface area (Å²) in [5.41, 5.74) is 5.33. The number of carboxylic acid groups (broad SMARTS) is 1. The van der Waals surface area contributed by atoms with Crippen LogP contribution in [0, 0.1) is 11.8 Å². The van der Waals surface area contributed by atoms with Crippen LogP contribution in [0.1, 0.15) is 32.6 Å². The maximum Gasteiger partial charge on any atom is 0.303 e. The Balaban J connectivity index is 1.91. The van der Waals surface area contributed by atoms with Gasteiger partial charge in [-0.15, -0.1) is 0 Å². The molecule has 5 nitrogen and oxygen atoms in total. The lowest BCUT2D eigenvalue weighted by Crippen LogP contribution is -2.54. The summed E-state index contributed by atoms with van der Waals surface area (Å²) in [6, 6.07) is 0. The van der Waals surface area contributed by atoms with E-state index in [0.29, 0.717) is 19.0 Å². The van der Waals surface area contributed by atoms with Gasteiger partial charge < -0.3 is 15.7 Å². The first-order valence-electron chi connectivity index (χ1n) is 6.21. The monoisotopic (exact) mass is 240 g/mol. The predicted octanol–water partition coefficient (Wildman–Crippen LogP) is 0.437. The molecule has 0 aromatic heterocycles. The van der Waals surface area contributed by atoms with E-state index in [4.69, 9.17) is 10.8 Å². The number of rotatable bonds is 4. The van der Waals surface area contributed by atoms with Crippen molar-refractivity contribution < 1.29 is 14.7 Å². The van der Waals surface area contributed by atoms with Gasteiger partial charge in [-0.3, -0.25) is 9.59 Å². The summed E-state index contributed by atoms with van der Waals surface area (Å²) in [5.74, 6) is -0.394. The lowest BCUT2D eigenvalue weighted by atomic mass is 9.95. The molecular weight excluding hydrogens is 220 g/mol. The number of likely N-dealkylation sites (tertiary alicyclic amines) is 1. The maximum absolute atomic E-state index is 12.2. The summed E-state index contributed by atoms with van der Waals surface area (Å²) in [7, 11) is 0. The molecule has 0 aromatic carbocycles. The number of amides is 1. The van der Waals surface area contributed by atoms with Crippen LogP contribution in [-0.4, -0.2) is 40.5 Å². The lowest BCUT2D eigenvalue weighted by molar-refractivity contribution is -0.139. The third-order valence-corrected chi connectivity index (χ3v) is 3.92. The molecule has 96 valence electrons. The Morgan fingerprint density at radius 3 is 2.59 bits per heavy atom. The Bertz CT molecular complexity index is 337. The van der Waals surface area contributed by atoms with Gasteiger partial charge in [-0.05, 0) is 38.0 Å². The molecule has 2 aliphatic rings. The van der Waals surface area contributed by atoms with Gasteiger partial charge in [0.1, 0.15) is 0 Å². The Hall–Kier alpha value is -1.10. The highest BCUT2D eigenvalue weighted by molar-refractivity contribution is 5.86. The van der Waals surface area contributed by atoms with Gasteiger partial charge in [0, 0.05) is 19.5 Å². The zero-order valence-electron chi connectivity index (χ0n) is 10.2. The number of carbonyl (C=O) groups excluding carboxylic acids is 1. The Morgan fingerprint density at radius 1 is 1.41 bits per heavy atom. The van der Waals surface area contributed by atoms with E-state index in [-0.39, 0.29) is 18.2 Å². The third kappa shape index (κ3) is 2.60. The number of nitrogens with two attached hydrogens (primary N) is 1. The minimum atomic E-state index is -0.790. The quantitative estimate of drug-likeness (QED) is 0.746. The van der Waals surface area contributed by atoms with Crippen molar-refractivity contribution in [2.24, 2.45) is 17.6 Å². The van der Waals surface area contributed by atoms with Crippen molar-refractivity contribution in [3.63, 3.8) is 0 Å². The molecule has 2 unspecified atom stereocenters. The molecule has 1 saturated heterocycles. The molecule has 2 fully saturated rings. The second kappa shape index (κ2) is 4.29. The summed E-state index contributed by atoms with van der Waals surface area (Å²) in [5, 5.41) is 8.73. The van der Waals surface area contributed by atoms with Crippen molar-refractivity contribution in [2.45, 2.75) is 38.1 Å². The van der Waals surface area contributed by atoms with Crippen LogP contribution in [0.3, 0.4) is 0 Å². The average molecular weight is 240 g/mol. The van der Waals surface area contributed by atoms with Crippen LogP contribution in [0.5, 0.6) is 0 Å². The Morgan fingerprint density at radius 2 is 2.06 bits per heavy atom. The van der Waals surface area contributed by atoms with Gasteiger partial charge in [0.25, 0.3) is 0 Å². The first kappa shape index (κ1) is 12.4. The summed E-state index contributed by atoms with van der Waals surface area (Å²) in [6.07, 6.45) is 2.99. The number of hydrogen-bond acceptors (Lipinski definition) is 3. The zero-order chi connectivity index (χ0) is 12.6. The van der Waals surface area contributed by atoms with E-state index in [2.05, 4.69) is 0 Å². The first-order chi connectivity index (χ1) is 7.91. The van der Waals surface area contributed by atoms with Gasteiger partial charge >= 0.3 is 5.97 Å². The van der Waals surface area contributed by atoms with Gasteiger partial charge in [-0.2, -0.15) is 0 Å². The number of aliphatic carboxylic acids is 1. The average Bonchev–Trinajstić information content (AvgIpc) is 2.99. The number of nitrogens with zero attached hydrogens (tertiary/aromatic N) is 1. The fraction of sp³-hybridized carbons (Fsp3) is 0.833. The van der Waals surface area contributed by atoms with Gasteiger partial charge in [0.2, 0.25) is 5.91 Å². The molecule has 17 heavy (non-hydrogen) atoms. The van der Waals surface area contributed by atoms with E-state index in [1.165, 1.54) is 0 Å². The standard InChI is InChI=1S/C12H20N2O3/c1-12(13,9-2-3-9)11(17)14-5-4-8(7-14)6-10(15)16/h8-9H,2-7,13H2,1H3,(H,15,16). The summed E-state index contributed by atoms with van der Waals surface area (Å²) in [6.45, 7) is 3.00. The van der Waals surface area contributed by atoms with Crippen molar-refractivity contribution in [1.82, 2.24) is 4.90 Å². The van der Waals surface area contributed by atoms with Crippen molar-refractivity contribution in [3.8, 4) is 0 Å². The van der Waals surface area contributed by atoms with E-state index >= 15 is 0 Å². The summed E-state index contributed by atoms with van der Waals surface area (Å²) in [4.78, 5) is 24.6.